The lowest BCUT2D eigenvalue weighted by Crippen LogP contribution is -2.41. The highest BCUT2D eigenvalue weighted by atomic mass is 15.2. The zero-order valence-corrected chi connectivity index (χ0v) is 12.1. The van der Waals surface area contributed by atoms with Crippen LogP contribution in [0.5, 0.6) is 0 Å². The van der Waals surface area contributed by atoms with Gasteiger partial charge in [-0.25, -0.2) is 0 Å². The van der Waals surface area contributed by atoms with Crippen LogP contribution in [-0.4, -0.2) is 52.2 Å². The number of likely N-dealkylation sites (tertiary alicyclic amines) is 1. The smallest absolute Gasteiger partial charge is 0.0367 e. The SMILES string of the molecule is CN1CCC(N(C)c2ccc(N(C)C)cc2)CC1. The Kier molecular flexibility index (Phi) is 4.12. The third-order valence-electron chi connectivity index (χ3n) is 4.01. The molecule has 0 bridgehead atoms. The molecular formula is C15H25N3. The van der Waals surface area contributed by atoms with Crippen LogP contribution >= 0.6 is 0 Å². The molecule has 0 atom stereocenters. The first-order valence-corrected chi connectivity index (χ1v) is 6.76. The van der Waals surface area contributed by atoms with Crippen molar-refractivity contribution in [2.75, 3.05) is 51.1 Å². The van der Waals surface area contributed by atoms with E-state index >= 15 is 0 Å². The summed E-state index contributed by atoms with van der Waals surface area (Å²) in [7, 11) is 8.59. The van der Waals surface area contributed by atoms with Crippen LogP contribution in [0.3, 0.4) is 0 Å². The Morgan fingerprint density at radius 3 is 1.94 bits per heavy atom. The fraction of sp³-hybridized carbons (Fsp3) is 0.600. The lowest BCUT2D eigenvalue weighted by molar-refractivity contribution is 0.253. The molecule has 18 heavy (non-hydrogen) atoms. The van der Waals surface area contributed by atoms with Gasteiger partial charge in [-0.05, 0) is 57.2 Å². The average molecular weight is 247 g/mol. The van der Waals surface area contributed by atoms with Crippen LogP contribution in [0.25, 0.3) is 0 Å². The van der Waals surface area contributed by atoms with E-state index in [4.69, 9.17) is 0 Å². The zero-order valence-electron chi connectivity index (χ0n) is 12.1. The molecule has 1 aromatic rings. The number of nitrogens with zero attached hydrogens (tertiary/aromatic N) is 3. The summed E-state index contributed by atoms with van der Waals surface area (Å²) < 4.78 is 0. The molecule has 1 aliphatic heterocycles. The summed E-state index contributed by atoms with van der Waals surface area (Å²) in [5.41, 5.74) is 2.59. The molecule has 0 spiro atoms. The van der Waals surface area contributed by atoms with Crippen molar-refractivity contribution < 1.29 is 0 Å². The molecule has 0 radical (unpaired) electrons. The maximum atomic E-state index is 2.44. The molecule has 0 saturated carbocycles. The number of rotatable bonds is 3. The highest BCUT2D eigenvalue weighted by Gasteiger charge is 2.20. The minimum atomic E-state index is 0.686. The maximum absolute atomic E-state index is 2.44. The number of anilines is 2. The second-order valence-electron chi connectivity index (χ2n) is 5.56. The molecule has 100 valence electrons. The molecule has 2 rings (SSSR count). The lowest BCUT2D eigenvalue weighted by Gasteiger charge is -2.36. The predicted octanol–water partition coefficient (Wildman–Crippen LogP) is 2.28. The van der Waals surface area contributed by atoms with E-state index in [0.29, 0.717) is 6.04 Å². The second kappa shape index (κ2) is 5.61. The Morgan fingerprint density at radius 2 is 1.44 bits per heavy atom. The van der Waals surface area contributed by atoms with Crippen molar-refractivity contribution in [3.8, 4) is 0 Å². The second-order valence-corrected chi connectivity index (χ2v) is 5.56. The molecule has 1 aromatic carbocycles. The minimum absolute atomic E-state index is 0.686. The van der Waals surface area contributed by atoms with E-state index in [1.807, 2.05) is 0 Å². The predicted molar refractivity (Wildman–Crippen MR) is 79.7 cm³/mol. The van der Waals surface area contributed by atoms with Crippen LogP contribution in [0.15, 0.2) is 24.3 Å². The van der Waals surface area contributed by atoms with Crippen LogP contribution in [0, 0.1) is 0 Å². The highest BCUT2D eigenvalue weighted by Crippen LogP contribution is 2.23. The van der Waals surface area contributed by atoms with E-state index in [1.54, 1.807) is 0 Å². The summed E-state index contributed by atoms with van der Waals surface area (Å²) in [5.74, 6) is 0. The van der Waals surface area contributed by atoms with Crippen LogP contribution < -0.4 is 9.80 Å². The summed E-state index contributed by atoms with van der Waals surface area (Å²) in [5, 5.41) is 0. The fourth-order valence-corrected chi connectivity index (χ4v) is 2.58. The summed E-state index contributed by atoms with van der Waals surface area (Å²) in [6.45, 7) is 2.43. The van der Waals surface area contributed by atoms with Crippen molar-refractivity contribution in [1.29, 1.82) is 0 Å². The molecule has 3 heteroatoms. The summed E-state index contributed by atoms with van der Waals surface area (Å²) in [4.78, 5) is 6.99. The first kappa shape index (κ1) is 13.2. The Labute approximate surface area is 111 Å². The maximum Gasteiger partial charge on any atom is 0.0367 e. The zero-order chi connectivity index (χ0) is 13.1. The van der Waals surface area contributed by atoms with Crippen molar-refractivity contribution >= 4 is 11.4 Å². The largest absolute Gasteiger partial charge is 0.378 e. The normalized spacial score (nSPS) is 17.8. The molecule has 0 N–H and O–H groups in total. The minimum Gasteiger partial charge on any atom is -0.378 e. The third-order valence-corrected chi connectivity index (χ3v) is 4.01. The summed E-state index contributed by atoms with van der Waals surface area (Å²) in [6.07, 6.45) is 2.53. The van der Waals surface area contributed by atoms with Gasteiger partial charge in [-0.15, -0.1) is 0 Å². The van der Waals surface area contributed by atoms with Gasteiger partial charge in [0.15, 0.2) is 0 Å². The van der Waals surface area contributed by atoms with Gasteiger partial charge in [-0.1, -0.05) is 0 Å². The Morgan fingerprint density at radius 1 is 0.944 bits per heavy atom. The van der Waals surface area contributed by atoms with Crippen molar-refractivity contribution in [3.05, 3.63) is 24.3 Å². The molecule has 0 unspecified atom stereocenters. The highest BCUT2D eigenvalue weighted by molar-refractivity contribution is 5.55. The number of hydrogen-bond acceptors (Lipinski definition) is 3. The molecule has 1 saturated heterocycles. The van der Waals surface area contributed by atoms with Gasteiger partial charge in [-0.2, -0.15) is 0 Å². The van der Waals surface area contributed by atoms with E-state index < -0.39 is 0 Å². The van der Waals surface area contributed by atoms with Gasteiger partial charge >= 0.3 is 0 Å². The van der Waals surface area contributed by atoms with Crippen molar-refractivity contribution in [2.24, 2.45) is 0 Å². The standard InChI is InChI=1S/C15H25N3/c1-16(2)13-5-7-14(8-6-13)18(4)15-9-11-17(3)12-10-15/h5-8,15H,9-12H2,1-4H3. The van der Waals surface area contributed by atoms with E-state index in [1.165, 1.54) is 37.3 Å². The van der Waals surface area contributed by atoms with Gasteiger partial charge in [0.25, 0.3) is 0 Å². The monoisotopic (exact) mass is 247 g/mol. The van der Waals surface area contributed by atoms with Gasteiger partial charge in [-0.3, -0.25) is 0 Å². The molecule has 0 amide bonds. The molecule has 1 fully saturated rings. The molecule has 0 aliphatic carbocycles. The Balaban J connectivity index is 2.02. The van der Waals surface area contributed by atoms with Gasteiger partial charge in [0.05, 0.1) is 0 Å². The van der Waals surface area contributed by atoms with E-state index in [2.05, 4.69) is 67.2 Å². The summed E-state index contributed by atoms with van der Waals surface area (Å²) >= 11 is 0. The van der Waals surface area contributed by atoms with Crippen molar-refractivity contribution in [2.45, 2.75) is 18.9 Å². The van der Waals surface area contributed by atoms with Crippen molar-refractivity contribution in [1.82, 2.24) is 4.90 Å². The molecule has 3 nitrogen and oxygen atoms in total. The molecule has 1 heterocycles. The Bertz CT molecular complexity index is 364. The third kappa shape index (κ3) is 2.96. The molecule has 1 aliphatic rings. The quantitative estimate of drug-likeness (QED) is 0.811. The summed E-state index contributed by atoms with van der Waals surface area (Å²) in [6, 6.07) is 9.54. The van der Waals surface area contributed by atoms with Crippen LogP contribution in [0.4, 0.5) is 11.4 Å². The van der Waals surface area contributed by atoms with Gasteiger partial charge < -0.3 is 14.7 Å². The number of hydrogen-bond donors (Lipinski definition) is 0. The Hall–Kier alpha value is -1.22. The van der Waals surface area contributed by atoms with Crippen LogP contribution in [-0.2, 0) is 0 Å². The van der Waals surface area contributed by atoms with Gasteiger partial charge in [0.1, 0.15) is 0 Å². The topological polar surface area (TPSA) is 9.72 Å². The first-order valence-electron chi connectivity index (χ1n) is 6.76. The van der Waals surface area contributed by atoms with Gasteiger partial charge in [0, 0.05) is 38.6 Å². The van der Waals surface area contributed by atoms with Crippen LogP contribution in [0.2, 0.25) is 0 Å². The van der Waals surface area contributed by atoms with Crippen molar-refractivity contribution in [3.63, 3.8) is 0 Å². The van der Waals surface area contributed by atoms with E-state index in [9.17, 15) is 0 Å². The molecule has 0 aromatic heterocycles. The van der Waals surface area contributed by atoms with E-state index in [0.717, 1.165) is 0 Å². The van der Waals surface area contributed by atoms with Crippen LogP contribution in [0.1, 0.15) is 12.8 Å². The lowest BCUT2D eigenvalue weighted by atomic mass is 10.0. The number of piperidine rings is 1. The van der Waals surface area contributed by atoms with E-state index in [-0.39, 0.29) is 0 Å². The molecular weight excluding hydrogens is 222 g/mol. The average Bonchev–Trinajstić information content (AvgIpc) is 2.39. The first-order chi connectivity index (χ1) is 8.58. The fourth-order valence-electron chi connectivity index (χ4n) is 2.58. The van der Waals surface area contributed by atoms with Gasteiger partial charge in [0.2, 0.25) is 0 Å². The number of benzene rings is 1.